The third-order valence-electron chi connectivity index (χ3n) is 11.4. The molecule has 0 spiro atoms. The standard InChI is InChI=1S/C29H48O4/c1-18-8-10-20-26(2,3)22(30)14-16-28(20,6)19(18)9-12-24-29(7)17-15-23(31)27(4,5)21(29)11-13-25(32)33-24/h19-24,30-31H,1,8-17H2,2-7H3/t19?,20?,21?,22-,23-,24+,28+,29-/m0/s1. The molecule has 1 heterocycles. The summed E-state index contributed by atoms with van der Waals surface area (Å²) in [6.45, 7) is 18.1. The van der Waals surface area contributed by atoms with E-state index in [1.54, 1.807) is 0 Å². The Kier molecular flexibility index (Phi) is 6.39. The van der Waals surface area contributed by atoms with Crippen molar-refractivity contribution >= 4 is 5.97 Å². The van der Waals surface area contributed by atoms with Crippen LogP contribution in [0.15, 0.2) is 12.2 Å². The maximum Gasteiger partial charge on any atom is 0.306 e. The molecule has 4 heteroatoms. The zero-order chi connectivity index (χ0) is 24.4. The monoisotopic (exact) mass is 460 g/mol. The number of allylic oxidation sites excluding steroid dienone is 1. The van der Waals surface area contributed by atoms with Crippen LogP contribution in [0.2, 0.25) is 0 Å². The van der Waals surface area contributed by atoms with Gasteiger partial charge >= 0.3 is 5.97 Å². The predicted molar refractivity (Wildman–Crippen MR) is 131 cm³/mol. The highest BCUT2D eigenvalue weighted by Crippen LogP contribution is 2.63. The van der Waals surface area contributed by atoms with Gasteiger partial charge in [-0.25, -0.2) is 0 Å². The molecule has 0 aromatic carbocycles. The minimum absolute atomic E-state index is 0.0746. The normalized spacial score (nSPS) is 47.2. The largest absolute Gasteiger partial charge is 0.462 e. The van der Waals surface area contributed by atoms with Crippen LogP contribution in [0.25, 0.3) is 0 Å². The highest BCUT2D eigenvalue weighted by Gasteiger charge is 2.58. The molecule has 0 bridgehead atoms. The highest BCUT2D eigenvalue weighted by molar-refractivity contribution is 5.70. The first-order chi connectivity index (χ1) is 15.2. The van der Waals surface area contributed by atoms with Crippen molar-refractivity contribution in [3.63, 3.8) is 0 Å². The molecule has 4 aliphatic rings. The van der Waals surface area contributed by atoms with Crippen molar-refractivity contribution in [2.75, 3.05) is 0 Å². The van der Waals surface area contributed by atoms with Gasteiger partial charge in [0.1, 0.15) is 6.10 Å². The molecule has 3 aliphatic carbocycles. The van der Waals surface area contributed by atoms with Crippen LogP contribution >= 0.6 is 0 Å². The summed E-state index contributed by atoms with van der Waals surface area (Å²) < 4.78 is 6.18. The molecule has 0 aromatic rings. The third kappa shape index (κ3) is 3.92. The molecule has 1 saturated heterocycles. The predicted octanol–water partition coefficient (Wildman–Crippen LogP) is 6.05. The minimum atomic E-state index is -0.321. The Morgan fingerprint density at radius 3 is 1.94 bits per heavy atom. The van der Waals surface area contributed by atoms with Crippen molar-refractivity contribution in [1.82, 2.24) is 0 Å². The van der Waals surface area contributed by atoms with E-state index >= 15 is 0 Å². The molecule has 33 heavy (non-hydrogen) atoms. The van der Waals surface area contributed by atoms with E-state index in [4.69, 9.17) is 4.74 Å². The van der Waals surface area contributed by atoms with Crippen molar-refractivity contribution in [3.8, 4) is 0 Å². The van der Waals surface area contributed by atoms with Crippen LogP contribution < -0.4 is 0 Å². The number of cyclic esters (lactones) is 1. The summed E-state index contributed by atoms with van der Waals surface area (Å²) >= 11 is 0. The van der Waals surface area contributed by atoms with Crippen LogP contribution in [-0.4, -0.2) is 34.5 Å². The number of fused-ring (bicyclic) bond motifs is 2. The van der Waals surface area contributed by atoms with E-state index in [2.05, 4.69) is 48.1 Å². The summed E-state index contributed by atoms with van der Waals surface area (Å²) in [5, 5.41) is 21.5. The number of hydrogen-bond donors (Lipinski definition) is 2. The number of aliphatic hydroxyl groups excluding tert-OH is 2. The van der Waals surface area contributed by atoms with Gasteiger partial charge in [-0.2, -0.15) is 0 Å². The molecule has 4 fully saturated rings. The molecule has 2 N–H and O–H groups in total. The van der Waals surface area contributed by atoms with Gasteiger partial charge in [0.15, 0.2) is 0 Å². The molecule has 0 aromatic heterocycles. The molecule has 3 unspecified atom stereocenters. The zero-order valence-electron chi connectivity index (χ0n) is 22.0. The average Bonchev–Trinajstić information content (AvgIpc) is 2.85. The summed E-state index contributed by atoms with van der Waals surface area (Å²) in [6, 6.07) is 0. The second-order valence-corrected chi connectivity index (χ2v) is 13.7. The molecule has 1 aliphatic heterocycles. The molecular formula is C29H48O4. The zero-order valence-corrected chi connectivity index (χ0v) is 22.0. The fourth-order valence-electron chi connectivity index (χ4n) is 9.18. The number of hydrogen-bond acceptors (Lipinski definition) is 4. The van der Waals surface area contributed by atoms with Gasteiger partial charge in [-0.3, -0.25) is 4.79 Å². The number of esters is 1. The number of ether oxygens (including phenoxy) is 1. The summed E-state index contributed by atoms with van der Waals surface area (Å²) in [4.78, 5) is 12.7. The topological polar surface area (TPSA) is 66.8 Å². The molecule has 0 radical (unpaired) electrons. The van der Waals surface area contributed by atoms with Crippen LogP contribution in [-0.2, 0) is 9.53 Å². The number of aliphatic hydroxyl groups is 2. The van der Waals surface area contributed by atoms with Crippen molar-refractivity contribution < 1.29 is 19.7 Å². The van der Waals surface area contributed by atoms with Crippen LogP contribution in [0.5, 0.6) is 0 Å². The smallest absolute Gasteiger partial charge is 0.306 e. The summed E-state index contributed by atoms with van der Waals surface area (Å²) in [6.07, 6.45) is 8.16. The Balaban J connectivity index is 1.59. The molecule has 4 nitrogen and oxygen atoms in total. The Labute approximate surface area is 201 Å². The lowest BCUT2D eigenvalue weighted by Crippen LogP contribution is -2.55. The SMILES string of the molecule is C=C1CCC2C(C)(C)[C@@H](O)CC[C@]2(C)C1CC[C@H]1OC(=O)CCC2C(C)(C)[C@@H](O)CC[C@@]21C. The van der Waals surface area contributed by atoms with Crippen molar-refractivity contribution in [3.05, 3.63) is 12.2 Å². The Morgan fingerprint density at radius 2 is 1.33 bits per heavy atom. The van der Waals surface area contributed by atoms with Gasteiger partial charge in [0.05, 0.1) is 12.2 Å². The fourth-order valence-corrected chi connectivity index (χ4v) is 9.18. The second kappa shape index (κ2) is 8.36. The van der Waals surface area contributed by atoms with Gasteiger partial charge in [-0.05, 0) is 91.8 Å². The molecule has 188 valence electrons. The van der Waals surface area contributed by atoms with Crippen molar-refractivity contribution in [2.24, 2.45) is 39.4 Å². The molecule has 0 amide bonds. The van der Waals surface area contributed by atoms with Gasteiger partial charge in [0, 0.05) is 11.8 Å². The Bertz CT molecular complexity index is 784. The molecule has 3 saturated carbocycles. The number of carbonyl (C=O) groups is 1. The van der Waals surface area contributed by atoms with Crippen LogP contribution in [0.1, 0.15) is 106 Å². The van der Waals surface area contributed by atoms with Gasteiger partial charge < -0.3 is 14.9 Å². The van der Waals surface area contributed by atoms with E-state index in [0.717, 1.165) is 57.8 Å². The quantitative estimate of drug-likeness (QED) is 0.398. The third-order valence-corrected chi connectivity index (χ3v) is 11.4. The van der Waals surface area contributed by atoms with Gasteiger partial charge in [-0.15, -0.1) is 0 Å². The maximum absolute atomic E-state index is 12.7. The van der Waals surface area contributed by atoms with Crippen LogP contribution in [0, 0.1) is 39.4 Å². The van der Waals surface area contributed by atoms with E-state index in [9.17, 15) is 15.0 Å². The first-order valence-electron chi connectivity index (χ1n) is 13.5. The van der Waals surface area contributed by atoms with E-state index < -0.39 is 0 Å². The maximum atomic E-state index is 12.7. The van der Waals surface area contributed by atoms with Crippen LogP contribution in [0.3, 0.4) is 0 Å². The molecule has 4 rings (SSSR count). The van der Waals surface area contributed by atoms with Crippen molar-refractivity contribution in [1.29, 1.82) is 0 Å². The summed E-state index contributed by atoms with van der Waals surface area (Å²) in [7, 11) is 0. The molecule has 8 atom stereocenters. The minimum Gasteiger partial charge on any atom is -0.462 e. The Morgan fingerprint density at radius 1 is 0.818 bits per heavy atom. The summed E-state index contributed by atoms with van der Waals surface area (Å²) in [5.74, 6) is 1.07. The highest BCUT2D eigenvalue weighted by atomic mass is 16.5. The average molecular weight is 461 g/mol. The first kappa shape index (κ1) is 25.2. The number of carbonyl (C=O) groups excluding carboxylic acids is 1. The van der Waals surface area contributed by atoms with Gasteiger partial charge in [-0.1, -0.05) is 53.7 Å². The lowest BCUT2D eigenvalue weighted by atomic mass is 9.46. The number of rotatable bonds is 3. The van der Waals surface area contributed by atoms with E-state index in [1.807, 2.05) is 0 Å². The van der Waals surface area contributed by atoms with Crippen molar-refractivity contribution in [2.45, 2.75) is 124 Å². The first-order valence-corrected chi connectivity index (χ1v) is 13.5. The second-order valence-electron chi connectivity index (χ2n) is 13.7. The lowest BCUT2D eigenvalue weighted by molar-refractivity contribution is -0.167. The van der Waals surface area contributed by atoms with E-state index in [-0.39, 0.29) is 51.9 Å². The fraction of sp³-hybridized carbons (Fsp3) is 0.897. The van der Waals surface area contributed by atoms with E-state index in [1.165, 1.54) is 5.57 Å². The van der Waals surface area contributed by atoms with Crippen LogP contribution in [0.4, 0.5) is 0 Å². The lowest BCUT2D eigenvalue weighted by Gasteiger charge is -2.60. The summed E-state index contributed by atoms with van der Waals surface area (Å²) in [5.41, 5.74) is 1.08. The molecular weight excluding hydrogens is 412 g/mol. The van der Waals surface area contributed by atoms with Gasteiger partial charge in [0.2, 0.25) is 0 Å². The Hall–Kier alpha value is -0.870. The van der Waals surface area contributed by atoms with E-state index in [0.29, 0.717) is 18.3 Å². The van der Waals surface area contributed by atoms with Gasteiger partial charge in [0.25, 0.3) is 0 Å².